The van der Waals surface area contributed by atoms with Crippen LogP contribution in [0.5, 0.6) is 0 Å². The molecule has 2 aromatic heterocycles. The van der Waals surface area contributed by atoms with Crippen LogP contribution in [0.2, 0.25) is 0 Å². The number of aliphatic carboxylic acids is 1. The van der Waals surface area contributed by atoms with Crippen molar-refractivity contribution >= 4 is 16.9 Å². The molecule has 5 heteroatoms. The minimum Gasteiger partial charge on any atom is -0.481 e. The van der Waals surface area contributed by atoms with Crippen LogP contribution in [0.4, 0.5) is 0 Å². The van der Waals surface area contributed by atoms with Gasteiger partial charge in [-0.2, -0.15) is 5.10 Å². The third kappa shape index (κ3) is 3.44. The van der Waals surface area contributed by atoms with Gasteiger partial charge in [0, 0.05) is 18.0 Å². The summed E-state index contributed by atoms with van der Waals surface area (Å²) in [5.74, 6) is 0.0102. The molecule has 2 aromatic carbocycles. The second-order valence-electron chi connectivity index (χ2n) is 6.56. The molecular formula is C22H19N3O2. The van der Waals surface area contributed by atoms with Crippen LogP contribution in [0.15, 0.2) is 67.0 Å². The summed E-state index contributed by atoms with van der Waals surface area (Å²) < 4.78 is 1.85. The predicted octanol–water partition coefficient (Wildman–Crippen LogP) is 4.41. The fourth-order valence-corrected chi connectivity index (χ4v) is 3.24. The maximum absolute atomic E-state index is 10.7. The first-order chi connectivity index (χ1) is 13.1. The highest BCUT2D eigenvalue weighted by Gasteiger charge is 2.10. The Morgan fingerprint density at radius 1 is 1.07 bits per heavy atom. The number of fused-ring (bicyclic) bond motifs is 1. The maximum Gasteiger partial charge on any atom is 0.303 e. The van der Waals surface area contributed by atoms with Crippen LogP contribution in [-0.4, -0.2) is 25.8 Å². The van der Waals surface area contributed by atoms with Gasteiger partial charge in [0.25, 0.3) is 0 Å². The van der Waals surface area contributed by atoms with Gasteiger partial charge in [-0.3, -0.25) is 4.79 Å². The van der Waals surface area contributed by atoms with E-state index in [0.717, 1.165) is 39.0 Å². The summed E-state index contributed by atoms with van der Waals surface area (Å²) in [6.45, 7) is 2.08. The van der Waals surface area contributed by atoms with Crippen LogP contribution in [0.3, 0.4) is 0 Å². The van der Waals surface area contributed by atoms with Crippen molar-refractivity contribution in [3.05, 3.63) is 78.1 Å². The van der Waals surface area contributed by atoms with Gasteiger partial charge in [0.2, 0.25) is 0 Å². The molecule has 0 aliphatic heterocycles. The number of hydrogen-bond acceptors (Lipinski definition) is 3. The predicted molar refractivity (Wildman–Crippen MR) is 105 cm³/mol. The van der Waals surface area contributed by atoms with Gasteiger partial charge in [0.05, 0.1) is 11.7 Å². The number of carbonyl (C=O) groups is 1. The molecule has 0 saturated carbocycles. The van der Waals surface area contributed by atoms with Gasteiger partial charge >= 0.3 is 5.97 Å². The highest BCUT2D eigenvalue weighted by atomic mass is 16.4. The maximum atomic E-state index is 10.7. The van der Waals surface area contributed by atoms with Crippen molar-refractivity contribution in [3.8, 4) is 16.9 Å². The topological polar surface area (TPSA) is 68.0 Å². The Morgan fingerprint density at radius 3 is 2.59 bits per heavy atom. The molecule has 0 spiro atoms. The summed E-state index contributed by atoms with van der Waals surface area (Å²) in [5.41, 5.74) is 5.38. The minimum atomic E-state index is -0.775. The lowest BCUT2D eigenvalue weighted by Crippen LogP contribution is -1.98. The molecule has 134 valence electrons. The Morgan fingerprint density at radius 2 is 1.89 bits per heavy atom. The van der Waals surface area contributed by atoms with Crippen molar-refractivity contribution in [1.29, 1.82) is 0 Å². The smallest absolute Gasteiger partial charge is 0.303 e. The van der Waals surface area contributed by atoms with Crippen molar-refractivity contribution in [2.45, 2.75) is 19.8 Å². The Labute approximate surface area is 156 Å². The van der Waals surface area contributed by atoms with Crippen molar-refractivity contribution in [2.24, 2.45) is 0 Å². The van der Waals surface area contributed by atoms with Gasteiger partial charge in [0.15, 0.2) is 5.82 Å². The first-order valence-electron chi connectivity index (χ1n) is 8.83. The van der Waals surface area contributed by atoms with Crippen molar-refractivity contribution < 1.29 is 9.90 Å². The quantitative estimate of drug-likeness (QED) is 0.574. The molecule has 0 unspecified atom stereocenters. The minimum absolute atomic E-state index is 0.147. The number of nitrogens with zero attached hydrogens (tertiary/aromatic N) is 3. The molecule has 0 saturated heterocycles. The first kappa shape index (κ1) is 17.0. The van der Waals surface area contributed by atoms with Gasteiger partial charge in [-0.25, -0.2) is 9.67 Å². The number of rotatable bonds is 5. The Kier molecular flexibility index (Phi) is 4.42. The molecule has 0 bridgehead atoms. The average Bonchev–Trinajstić information content (AvgIpc) is 3.12. The summed E-state index contributed by atoms with van der Waals surface area (Å²) in [6.07, 6.45) is 4.32. The molecule has 0 atom stereocenters. The molecule has 0 amide bonds. The monoisotopic (exact) mass is 357 g/mol. The molecule has 4 aromatic rings. The third-order valence-electron chi connectivity index (χ3n) is 4.68. The molecule has 0 fully saturated rings. The molecule has 27 heavy (non-hydrogen) atoms. The van der Waals surface area contributed by atoms with Gasteiger partial charge in [-0.1, -0.05) is 36.4 Å². The van der Waals surface area contributed by atoms with E-state index in [4.69, 9.17) is 5.11 Å². The van der Waals surface area contributed by atoms with E-state index in [1.54, 1.807) is 6.20 Å². The SMILES string of the molecule is Cc1cc(-c2ccc(CCC(=O)O)cc2)cc2c1cnn2-c1ccccn1. The van der Waals surface area contributed by atoms with E-state index in [0.29, 0.717) is 6.42 Å². The Hall–Kier alpha value is -3.47. The molecule has 2 heterocycles. The molecule has 4 rings (SSSR count). The fraction of sp³-hybridized carbons (Fsp3) is 0.136. The lowest BCUT2D eigenvalue weighted by atomic mass is 9.99. The normalized spacial score (nSPS) is 11.0. The molecule has 0 aliphatic rings. The van der Waals surface area contributed by atoms with Gasteiger partial charge in [0.1, 0.15) is 0 Å². The van der Waals surface area contributed by atoms with Crippen LogP contribution in [0.1, 0.15) is 17.5 Å². The number of aromatic nitrogens is 3. The first-order valence-corrected chi connectivity index (χ1v) is 8.83. The van der Waals surface area contributed by atoms with Crippen LogP contribution in [-0.2, 0) is 11.2 Å². The number of carboxylic acids is 1. The summed E-state index contributed by atoms with van der Waals surface area (Å²) in [5, 5.41) is 14.4. The number of carboxylic acid groups (broad SMARTS) is 1. The van der Waals surface area contributed by atoms with Crippen molar-refractivity contribution in [2.75, 3.05) is 0 Å². The van der Waals surface area contributed by atoms with E-state index in [9.17, 15) is 4.79 Å². The fourth-order valence-electron chi connectivity index (χ4n) is 3.24. The molecule has 1 N–H and O–H groups in total. The zero-order valence-electron chi connectivity index (χ0n) is 15.0. The number of benzene rings is 2. The van der Waals surface area contributed by atoms with Crippen LogP contribution < -0.4 is 0 Å². The lowest BCUT2D eigenvalue weighted by molar-refractivity contribution is -0.136. The van der Waals surface area contributed by atoms with E-state index in [1.807, 2.05) is 53.3 Å². The Bertz CT molecular complexity index is 1100. The summed E-state index contributed by atoms with van der Waals surface area (Å²) in [6, 6.07) is 18.1. The summed E-state index contributed by atoms with van der Waals surface area (Å²) in [4.78, 5) is 15.1. The molecule has 5 nitrogen and oxygen atoms in total. The van der Waals surface area contributed by atoms with E-state index in [1.165, 1.54) is 0 Å². The molecule has 0 aliphatic carbocycles. The van der Waals surface area contributed by atoms with Crippen LogP contribution in [0, 0.1) is 6.92 Å². The number of pyridine rings is 1. The standard InChI is InChI=1S/C22H19N3O2/c1-15-12-18(17-8-5-16(6-9-17)7-10-22(26)27)13-20-19(15)14-24-25(20)21-4-2-3-11-23-21/h2-6,8-9,11-14H,7,10H2,1H3,(H,26,27). The second kappa shape index (κ2) is 7.03. The highest BCUT2D eigenvalue weighted by Crippen LogP contribution is 2.29. The van der Waals surface area contributed by atoms with Crippen molar-refractivity contribution in [1.82, 2.24) is 14.8 Å². The third-order valence-corrected chi connectivity index (χ3v) is 4.68. The van der Waals surface area contributed by atoms with E-state index >= 15 is 0 Å². The van der Waals surface area contributed by atoms with E-state index in [2.05, 4.69) is 29.1 Å². The van der Waals surface area contributed by atoms with Crippen molar-refractivity contribution in [3.63, 3.8) is 0 Å². The summed E-state index contributed by atoms with van der Waals surface area (Å²) in [7, 11) is 0. The number of hydrogen-bond donors (Lipinski definition) is 1. The van der Waals surface area contributed by atoms with E-state index in [-0.39, 0.29) is 6.42 Å². The van der Waals surface area contributed by atoms with Crippen LogP contribution >= 0.6 is 0 Å². The summed E-state index contributed by atoms with van der Waals surface area (Å²) >= 11 is 0. The zero-order chi connectivity index (χ0) is 18.8. The lowest BCUT2D eigenvalue weighted by Gasteiger charge is -2.08. The van der Waals surface area contributed by atoms with Gasteiger partial charge in [-0.05, 0) is 53.8 Å². The zero-order valence-corrected chi connectivity index (χ0v) is 15.0. The molecular weight excluding hydrogens is 338 g/mol. The second-order valence-corrected chi connectivity index (χ2v) is 6.56. The van der Waals surface area contributed by atoms with E-state index < -0.39 is 5.97 Å². The van der Waals surface area contributed by atoms with Crippen LogP contribution in [0.25, 0.3) is 27.8 Å². The van der Waals surface area contributed by atoms with Gasteiger partial charge in [-0.15, -0.1) is 0 Å². The highest BCUT2D eigenvalue weighted by molar-refractivity contribution is 5.88. The molecule has 0 radical (unpaired) electrons. The Balaban J connectivity index is 1.73. The largest absolute Gasteiger partial charge is 0.481 e. The van der Waals surface area contributed by atoms with Gasteiger partial charge < -0.3 is 5.11 Å². The average molecular weight is 357 g/mol. The number of aryl methyl sites for hydroxylation is 2.